The first kappa shape index (κ1) is 25.1. The highest BCUT2D eigenvalue weighted by molar-refractivity contribution is 6.75. The van der Waals surface area contributed by atoms with Crippen LogP contribution < -0.4 is 0 Å². The zero-order valence-electron chi connectivity index (χ0n) is 14.7. The second-order valence-corrected chi connectivity index (χ2v) is 5.65. The van der Waals surface area contributed by atoms with Crippen molar-refractivity contribution in [3.05, 3.63) is 0 Å². The third-order valence-electron chi connectivity index (χ3n) is 3.94. The summed E-state index contributed by atoms with van der Waals surface area (Å²) in [5.74, 6) is 0. The molecule has 0 aromatic heterocycles. The quantitative estimate of drug-likeness (QED) is 0.374. The fraction of sp³-hybridized carbons (Fsp3) is 1.00. The number of rotatable bonds is 12. The molecule has 0 aliphatic rings. The predicted octanol–water partition coefficient (Wildman–Crippen LogP) is 3.86. The highest BCUT2D eigenvalue weighted by Gasteiger charge is 2.24. The minimum atomic E-state index is 0. The minimum Gasteiger partial charge on any atom is -1.00 e. The van der Waals surface area contributed by atoms with Gasteiger partial charge in [0.1, 0.15) is 0 Å². The van der Waals surface area contributed by atoms with Crippen molar-refractivity contribution in [1.82, 2.24) is 0 Å². The second kappa shape index (κ2) is 19.2. The van der Waals surface area contributed by atoms with Crippen molar-refractivity contribution in [2.24, 2.45) is 0 Å². The first-order chi connectivity index (χ1) is 9.24. The lowest BCUT2D eigenvalue weighted by atomic mass is 9.81. The van der Waals surface area contributed by atoms with Crippen LogP contribution in [0, 0.1) is 0 Å². The van der Waals surface area contributed by atoms with E-state index in [1.165, 1.54) is 82.0 Å². The van der Waals surface area contributed by atoms with Crippen LogP contribution in [0.15, 0.2) is 0 Å². The fourth-order valence-corrected chi connectivity index (χ4v) is 2.64. The number of unbranched alkanes of at least 4 members (excludes halogenated alkanes) is 4. The van der Waals surface area contributed by atoms with Crippen LogP contribution >= 0.6 is 0 Å². The van der Waals surface area contributed by atoms with Gasteiger partial charge in [-0.15, -0.1) is 0 Å². The molecular weight excluding hydrogens is 239 g/mol. The maximum atomic E-state index is 4.00. The normalized spacial score (nSPS) is 10.4. The van der Waals surface area contributed by atoms with Gasteiger partial charge >= 0.3 is 0 Å². The van der Waals surface area contributed by atoms with Crippen LogP contribution in [-0.2, 0) is 0 Å². The van der Waals surface area contributed by atoms with Gasteiger partial charge in [-0.1, -0.05) is 53.4 Å². The van der Waals surface area contributed by atoms with Gasteiger partial charge in [-0.05, 0) is 25.7 Å². The van der Waals surface area contributed by atoms with E-state index in [9.17, 15) is 0 Å². The average molecular weight is 275 g/mol. The molecule has 0 saturated carbocycles. The van der Waals surface area contributed by atoms with Crippen LogP contribution in [0.4, 0.5) is 0 Å². The van der Waals surface area contributed by atoms with E-state index in [2.05, 4.69) is 43.2 Å². The Morgan fingerprint density at radius 2 is 0.750 bits per heavy atom. The maximum Gasteiger partial charge on any atom is 0.0786 e. The monoisotopic (exact) mass is 275 g/mol. The maximum absolute atomic E-state index is 4.00. The summed E-state index contributed by atoms with van der Waals surface area (Å²) < 4.78 is 1.42. The Morgan fingerprint density at radius 3 is 0.900 bits per heavy atom. The summed E-state index contributed by atoms with van der Waals surface area (Å²) in [5.41, 5.74) is 0. The Bertz CT molecular complexity index is 128. The molecule has 0 aromatic carbocycles. The topological polar surface area (TPSA) is 0 Å². The van der Waals surface area contributed by atoms with E-state index in [0.717, 1.165) is 0 Å². The van der Waals surface area contributed by atoms with E-state index in [4.69, 9.17) is 0 Å². The zero-order chi connectivity index (χ0) is 15.0. The highest BCUT2D eigenvalue weighted by atomic mass is 15.3. The van der Waals surface area contributed by atoms with Crippen LogP contribution in [0.2, 0.25) is 0 Å². The molecule has 0 aliphatic heterocycles. The summed E-state index contributed by atoms with van der Waals surface area (Å²) in [7, 11) is 8.00. The Hall–Kier alpha value is 0.155. The molecule has 0 fully saturated rings. The Morgan fingerprint density at radius 1 is 0.550 bits per heavy atom. The molecule has 20 heavy (non-hydrogen) atoms. The van der Waals surface area contributed by atoms with E-state index >= 15 is 0 Å². The minimum absolute atomic E-state index is 0. The molecule has 8 radical (unpaired) electrons. The summed E-state index contributed by atoms with van der Waals surface area (Å²) in [4.78, 5) is 0. The lowest BCUT2D eigenvalue weighted by molar-refractivity contribution is -0.929. The van der Waals surface area contributed by atoms with Crippen molar-refractivity contribution in [3.63, 3.8) is 0 Å². The van der Waals surface area contributed by atoms with Gasteiger partial charge in [0, 0.05) is 15.5 Å². The Kier molecular flexibility index (Phi) is 24.1. The van der Waals surface area contributed by atoms with Gasteiger partial charge < -0.3 is 12.9 Å². The largest absolute Gasteiger partial charge is 1.00 e. The number of hydrogen-bond donors (Lipinski definition) is 0. The SMILES string of the molecule is CCCC[N+](CCCC)(CCCC)CCCC.[B-].[B][B]. The fourth-order valence-electron chi connectivity index (χ4n) is 2.64. The molecule has 0 saturated heterocycles. The lowest BCUT2D eigenvalue weighted by Gasteiger charge is -2.39. The molecule has 0 heterocycles. The first-order valence-corrected chi connectivity index (χ1v) is 8.43. The van der Waals surface area contributed by atoms with Crippen molar-refractivity contribution in [2.75, 3.05) is 26.2 Å². The standard InChI is InChI=1S/C16H36N.B2.B/c1-5-9-13-17(14-10-6-2,15-11-7-3)16-12-8-4;1-2;/h5-16H2,1-4H3;;/q+1;;-1. The summed E-state index contributed by atoms with van der Waals surface area (Å²) in [6.07, 6.45) is 11.1. The van der Waals surface area contributed by atoms with E-state index in [1.54, 1.807) is 0 Å². The molecule has 0 aromatic rings. The zero-order valence-corrected chi connectivity index (χ0v) is 14.7. The third-order valence-corrected chi connectivity index (χ3v) is 3.94. The molecule has 0 atom stereocenters. The smallest absolute Gasteiger partial charge is 0.0786 e. The third kappa shape index (κ3) is 13.2. The molecule has 1 nitrogen and oxygen atoms in total. The summed E-state index contributed by atoms with van der Waals surface area (Å²) in [6, 6.07) is 0. The molecule has 4 heteroatoms. The molecule has 0 rings (SSSR count). The van der Waals surface area contributed by atoms with Crippen molar-refractivity contribution in [3.8, 4) is 0 Å². The van der Waals surface area contributed by atoms with Crippen molar-refractivity contribution in [1.29, 1.82) is 0 Å². The Labute approximate surface area is 134 Å². The number of hydrogen-bond acceptors (Lipinski definition) is 0. The van der Waals surface area contributed by atoms with Gasteiger partial charge in [0.2, 0.25) is 0 Å². The van der Waals surface area contributed by atoms with Gasteiger partial charge in [-0.25, -0.2) is 0 Å². The van der Waals surface area contributed by atoms with Crippen LogP contribution in [-0.4, -0.2) is 54.5 Å². The molecule has 0 spiro atoms. The van der Waals surface area contributed by atoms with Crippen LogP contribution in [0.3, 0.4) is 0 Å². The first-order valence-electron chi connectivity index (χ1n) is 8.43. The van der Waals surface area contributed by atoms with Gasteiger partial charge in [0.05, 0.1) is 26.2 Å². The summed E-state index contributed by atoms with van der Waals surface area (Å²) >= 11 is 0. The summed E-state index contributed by atoms with van der Waals surface area (Å²) in [6.45, 7) is 15.0. The Balaban J connectivity index is -0.000000916. The number of quaternary nitrogens is 1. The molecule has 0 bridgehead atoms. The van der Waals surface area contributed by atoms with E-state index in [1.807, 2.05) is 0 Å². The van der Waals surface area contributed by atoms with Crippen molar-refractivity contribution < 1.29 is 4.48 Å². The molecule has 0 aliphatic carbocycles. The van der Waals surface area contributed by atoms with Crippen LogP contribution in [0.1, 0.15) is 79.1 Å². The molecule has 114 valence electrons. The van der Waals surface area contributed by atoms with Crippen LogP contribution in [0.25, 0.3) is 0 Å². The average Bonchev–Trinajstić information content (AvgIpc) is 2.48. The molecule has 0 unspecified atom stereocenters. The van der Waals surface area contributed by atoms with Gasteiger partial charge in [-0.3, -0.25) is 0 Å². The molecule has 0 amide bonds. The number of nitrogens with zero attached hydrogens (tertiary/aromatic N) is 1. The highest BCUT2D eigenvalue weighted by Crippen LogP contribution is 2.16. The van der Waals surface area contributed by atoms with E-state index in [-0.39, 0.29) is 8.41 Å². The van der Waals surface area contributed by atoms with Gasteiger partial charge in [0.25, 0.3) is 0 Å². The second-order valence-electron chi connectivity index (χ2n) is 5.65. The predicted molar refractivity (Wildman–Crippen MR) is 96.6 cm³/mol. The molecule has 0 N–H and O–H groups in total. The lowest BCUT2D eigenvalue weighted by Crippen LogP contribution is -2.50. The van der Waals surface area contributed by atoms with Crippen molar-refractivity contribution >= 4 is 23.9 Å². The van der Waals surface area contributed by atoms with Crippen molar-refractivity contribution in [2.45, 2.75) is 79.1 Å². The molecular formula is C16H36B3N. The van der Waals surface area contributed by atoms with E-state index < -0.39 is 0 Å². The van der Waals surface area contributed by atoms with Gasteiger partial charge in [-0.2, -0.15) is 0 Å². The van der Waals surface area contributed by atoms with Gasteiger partial charge in [0.15, 0.2) is 0 Å². The van der Waals surface area contributed by atoms with E-state index in [0.29, 0.717) is 0 Å². The summed E-state index contributed by atoms with van der Waals surface area (Å²) in [5, 5.41) is 0. The van der Waals surface area contributed by atoms with Crippen LogP contribution in [0.5, 0.6) is 0 Å².